The number of anilines is 4. The molecule has 2 aromatic rings. The summed E-state index contributed by atoms with van der Waals surface area (Å²) >= 11 is 0. The number of rotatable bonds is 6. The number of nitrogens with one attached hydrogen (secondary N) is 2. The molecule has 2 saturated heterocycles. The molecule has 2 aromatic carbocycles. The monoisotopic (exact) mass is 394 g/mol. The van der Waals surface area contributed by atoms with Crippen molar-refractivity contribution in [3.63, 3.8) is 0 Å². The summed E-state index contributed by atoms with van der Waals surface area (Å²) in [7, 11) is 0. The Bertz CT molecular complexity index is 795. The molecule has 6 heteroatoms. The van der Waals surface area contributed by atoms with Crippen molar-refractivity contribution in [2.75, 3.05) is 59.8 Å². The summed E-state index contributed by atoms with van der Waals surface area (Å²) < 4.78 is 5.40. The van der Waals surface area contributed by atoms with Gasteiger partial charge in [0, 0.05) is 48.9 Å². The molecule has 0 radical (unpaired) electrons. The van der Waals surface area contributed by atoms with Crippen LogP contribution in [0.25, 0.3) is 0 Å². The third-order valence-electron chi connectivity index (χ3n) is 5.63. The summed E-state index contributed by atoms with van der Waals surface area (Å²) in [6.07, 6.45) is 2.54. The van der Waals surface area contributed by atoms with Gasteiger partial charge in [-0.1, -0.05) is 0 Å². The number of morpholine rings is 1. The minimum atomic E-state index is -0.327. The normalized spacial score (nSPS) is 17.8. The first-order valence-electron chi connectivity index (χ1n) is 10.5. The number of nitrogens with zero attached hydrogens (tertiary/aromatic N) is 2. The fraction of sp³-hybridized carbons (Fsp3) is 0.435. The molecule has 29 heavy (non-hydrogen) atoms. The van der Waals surface area contributed by atoms with E-state index < -0.39 is 0 Å². The van der Waals surface area contributed by atoms with E-state index in [1.54, 1.807) is 0 Å². The molecule has 0 bridgehead atoms. The molecule has 2 aliphatic rings. The van der Waals surface area contributed by atoms with Gasteiger partial charge in [0.1, 0.15) is 6.04 Å². The fourth-order valence-electron chi connectivity index (χ4n) is 3.89. The molecule has 2 heterocycles. The lowest BCUT2D eigenvalue weighted by atomic mass is 10.2. The van der Waals surface area contributed by atoms with Gasteiger partial charge in [-0.2, -0.15) is 0 Å². The zero-order valence-corrected chi connectivity index (χ0v) is 17.1. The molecule has 0 aliphatic carbocycles. The van der Waals surface area contributed by atoms with E-state index in [2.05, 4.69) is 56.8 Å². The van der Waals surface area contributed by atoms with E-state index in [0.29, 0.717) is 0 Å². The van der Waals surface area contributed by atoms with E-state index in [1.165, 1.54) is 18.5 Å². The Morgan fingerprint density at radius 3 is 1.93 bits per heavy atom. The summed E-state index contributed by atoms with van der Waals surface area (Å²) in [5.74, 6) is -0.0484. The zero-order valence-electron chi connectivity index (χ0n) is 17.1. The number of benzene rings is 2. The molecule has 2 fully saturated rings. The number of carbonyl (C=O) groups is 1. The Labute approximate surface area is 172 Å². The number of hydrogen-bond acceptors (Lipinski definition) is 5. The van der Waals surface area contributed by atoms with Gasteiger partial charge in [-0.25, -0.2) is 0 Å². The van der Waals surface area contributed by atoms with Crippen molar-refractivity contribution in [2.24, 2.45) is 0 Å². The van der Waals surface area contributed by atoms with E-state index in [0.717, 1.165) is 56.5 Å². The highest BCUT2D eigenvalue weighted by molar-refractivity contribution is 5.96. The first-order valence-corrected chi connectivity index (χ1v) is 10.5. The van der Waals surface area contributed by atoms with Crippen molar-refractivity contribution < 1.29 is 9.53 Å². The van der Waals surface area contributed by atoms with E-state index >= 15 is 0 Å². The van der Waals surface area contributed by atoms with Crippen LogP contribution in [0.1, 0.15) is 19.8 Å². The van der Waals surface area contributed by atoms with Gasteiger partial charge in [0.25, 0.3) is 0 Å². The Hall–Kier alpha value is -2.73. The number of amides is 1. The zero-order chi connectivity index (χ0) is 20.1. The smallest absolute Gasteiger partial charge is 0.246 e. The van der Waals surface area contributed by atoms with Crippen LogP contribution in [0.15, 0.2) is 48.5 Å². The van der Waals surface area contributed by atoms with Gasteiger partial charge < -0.3 is 25.2 Å². The largest absolute Gasteiger partial charge is 0.378 e. The van der Waals surface area contributed by atoms with Gasteiger partial charge in [-0.3, -0.25) is 4.79 Å². The van der Waals surface area contributed by atoms with Crippen molar-refractivity contribution in [1.29, 1.82) is 0 Å². The number of hydrogen-bond donors (Lipinski definition) is 2. The molecule has 1 amide bonds. The lowest BCUT2D eigenvalue weighted by Gasteiger charge is -2.29. The molecule has 154 valence electrons. The minimum absolute atomic E-state index is 0.0484. The molecule has 0 aromatic heterocycles. The van der Waals surface area contributed by atoms with Gasteiger partial charge in [-0.15, -0.1) is 0 Å². The summed E-state index contributed by atoms with van der Waals surface area (Å²) in [6.45, 7) is 7.49. The maximum absolute atomic E-state index is 12.6. The number of carbonyl (C=O) groups excluding carboxylic acids is 1. The maximum atomic E-state index is 12.6. The van der Waals surface area contributed by atoms with Crippen LogP contribution >= 0.6 is 0 Å². The molecule has 6 nitrogen and oxygen atoms in total. The summed E-state index contributed by atoms with van der Waals surface area (Å²) in [4.78, 5) is 17.3. The molecule has 4 rings (SSSR count). The first kappa shape index (κ1) is 19.6. The first-order chi connectivity index (χ1) is 14.2. The molecule has 1 atom stereocenters. The van der Waals surface area contributed by atoms with Crippen molar-refractivity contribution in [2.45, 2.75) is 25.8 Å². The van der Waals surface area contributed by atoms with Crippen LogP contribution in [0.3, 0.4) is 0 Å². The van der Waals surface area contributed by atoms with E-state index in [4.69, 9.17) is 4.74 Å². The van der Waals surface area contributed by atoms with Gasteiger partial charge >= 0.3 is 0 Å². The lowest BCUT2D eigenvalue weighted by Crippen LogP contribution is -2.36. The van der Waals surface area contributed by atoms with Crippen LogP contribution in [-0.2, 0) is 9.53 Å². The molecule has 0 unspecified atom stereocenters. The van der Waals surface area contributed by atoms with Crippen LogP contribution in [0.5, 0.6) is 0 Å². The second kappa shape index (κ2) is 9.18. The van der Waals surface area contributed by atoms with Crippen molar-refractivity contribution >= 4 is 28.7 Å². The van der Waals surface area contributed by atoms with Gasteiger partial charge in [0.15, 0.2) is 0 Å². The highest BCUT2D eigenvalue weighted by Gasteiger charge is 2.15. The Kier molecular flexibility index (Phi) is 6.20. The summed E-state index contributed by atoms with van der Waals surface area (Å²) in [6, 6.07) is 16.0. The van der Waals surface area contributed by atoms with Gasteiger partial charge in [0.05, 0.1) is 13.2 Å². The molecule has 2 aliphatic heterocycles. The molecule has 0 spiro atoms. The van der Waals surface area contributed by atoms with Crippen LogP contribution in [0, 0.1) is 0 Å². The molecular weight excluding hydrogens is 364 g/mol. The van der Waals surface area contributed by atoms with E-state index in [-0.39, 0.29) is 11.9 Å². The van der Waals surface area contributed by atoms with E-state index in [9.17, 15) is 4.79 Å². The highest BCUT2D eigenvalue weighted by Crippen LogP contribution is 2.23. The SMILES string of the molecule is C[C@H](Nc1ccc(N2CCCC2)cc1)C(=O)Nc1ccc(N2CCOCC2)cc1. The average molecular weight is 395 g/mol. The van der Waals surface area contributed by atoms with Crippen molar-refractivity contribution in [1.82, 2.24) is 0 Å². The molecular formula is C23H30N4O2. The highest BCUT2D eigenvalue weighted by atomic mass is 16.5. The topological polar surface area (TPSA) is 56.8 Å². The Morgan fingerprint density at radius 2 is 1.34 bits per heavy atom. The van der Waals surface area contributed by atoms with E-state index in [1.807, 2.05) is 19.1 Å². The Morgan fingerprint density at radius 1 is 0.828 bits per heavy atom. The standard InChI is InChI=1S/C23H30N4O2/c1-18(24-19-4-8-21(9-5-19)26-12-2-3-13-26)23(28)25-20-6-10-22(11-7-20)27-14-16-29-17-15-27/h4-11,18,24H,2-3,12-17H2,1H3,(H,25,28)/t18-/m0/s1. The van der Waals surface area contributed by atoms with Gasteiger partial charge in [-0.05, 0) is 68.3 Å². The molecule has 2 N–H and O–H groups in total. The van der Waals surface area contributed by atoms with Crippen molar-refractivity contribution in [3.05, 3.63) is 48.5 Å². The average Bonchev–Trinajstić information content (AvgIpc) is 3.30. The van der Waals surface area contributed by atoms with Gasteiger partial charge in [0.2, 0.25) is 5.91 Å². The maximum Gasteiger partial charge on any atom is 0.246 e. The lowest BCUT2D eigenvalue weighted by molar-refractivity contribution is -0.116. The second-order valence-electron chi connectivity index (χ2n) is 7.74. The third-order valence-corrected chi connectivity index (χ3v) is 5.63. The third kappa shape index (κ3) is 5.01. The van der Waals surface area contributed by atoms with Crippen LogP contribution in [0.2, 0.25) is 0 Å². The summed E-state index contributed by atoms with van der Waals surface area (Å²) in [5, 5.41) is 6.29. The predicted molar refractivity (Wildman–Crippen MR) is 119 cm³/mol. The van der Waals surface area contributed by atoms with Crippen LogP contribution in [0.4, 0.5) is 22.7 Å². The van der Waals surface area contributed by atoms with Crippen LogP contribution in [-0.4, -0.2) is 51.3 Å². The van der Waals surface area contributed by atoms with Crippen LogP contribution < -0.4 is 20.4 Å². The number of ether oxygens (including phenoxy) is 1. The minimum Gasteiger partial charge on any atom is -0.378 e. The fourth-order valence-corrected chi connectivity index (χ4v) is 3.89. The molecule has 0 saturated carbocycles. The summed E-state index contributed by atoms with van der Waals surface area (Å²) in [5.41, 5.74) is 4.18. The Balaban J connectivity index is 1.29. The van der Waals surface area contributed by atoms with Crippen molar-refractivity contribution in [3.8, 4) is 0 Å². The quantitative estimate of drug-likeness (QED) is 0.785. The second-order valence-corrected chi connectivity index (χ2v) is 7.74. The predicted octanol–water partition coefficient (Wildman–Crippen LogP) is 3.56.